The van der Waals surface area contributed by atoms with Crippen LogP contribution in [0.15, 0.2) is 24.4 Å². The highest BCUT2D eigenvalue weighted by molar-refractivity contribution is 5.97. The lowest BCUT2D eigenvalue weighted by molar-refractivity contribution is -0.126. The van der Waals surface area contributed by atoms with Gasteiger partial charge in [0.05, 0.1) is 0 Å². The third-order valence-electron chi connectivity index (χ3n) is 3.22. The number of nitrogens with one attached hydrogen (secondary N) is 1. The van der Waals surface area contributed by atoms with Crippen molar-refractivity contribution in [3.8, 4) is 0 Å². The van der Waals surface area contributed by atoms with Crippen LogP contribution in [-0.2, 0) is 4.79 Å². The van der Waals surface area contributed by atoms with Gasteiger partial charge in [-0.1, -0.05) is 26.8 Å². The molecule has 0 aliphatic heterocycles. The Morgan fingerprint density at radius 3 is 2.50 bits per heavy atom. The molecule has 0 spiro atoms. The SMILES string of the molecule is CCC(NC(=O)c1ccccn1)(C(N)=O)C(C)C. The van der Waals surface area contributed by atoms with Crippen LogP contribution in [0.4, 0.5) is 0 Å². The van der Waals surface area contributed by atoms with Gasteiger partial charge in [0.1, 0.15) is 11.2 Å². The quantitative estimate of drug-likeness (QED) is 0.819. The van der Waals surface area contributed by atoms with E-state index in [1.807, 2.05) is 20.8 Å². The van der Waals surface area contributed by atoms with E-state index >= 15 is 0 Å². The number of carbonyl (C=O) groups is 2. The average molecular weight is 249 g/mol. The molecule has 1 unspecified atom stereocenters. The molecular formula is C13H19N3O2. The van der Waals surface area contributed by atoms with E-state index in [1.54, 1.807) is 18.2 Å². The van der Waals surface area contributed by atoms with Crippen LogP contribution in [0, 0.1) is 5.92 Å². The number of hydrogen-bond donors (Lipinski definition) is 2. The van der Waals surface area contributed by atoms with Gasteiger partial charge in [0, 0.05) is 6.20 Å². The number of carbonyl (C=O) groups excluding carboxylic acids is 2. The Balaban J connectivity index is 2.99. The summed E-state index contributed by atoms with van der Waals surface area (Å²) < 4.78 is 0. The first kappa shape index (κ1) is 14.2. The smallest absolute Gasteiger partial charge is 0.270 e. The number of hydrogen-bond acceptors (Lipinski definition) is 3. The molecule has 0 saturated carbocycles. The van der Waals surface area contributed by atoms with Gasteiger partial charge in [-0.15, -0.1) is 0 Å². The summed E-state index contributed by atoms with van der Waals surface area (Å²) in [5, 5.41) is 2.72. The Bertz CT molecular complexity index is 431. The molecule has 3 N–H and O–H groups in total. The molecule has 0 radical (unpaired) electrons. The first-order valence-corrected chi connectivity index (χ1v) is 5.97. The first-order valence-electron chi connectivity index (χ1n) is 5.97. The highest BCUT2D eigenvalue weighted by Crippen LogP contribution is 2.21. The molecular weight excluding hydrogens is 230 g/mol. The van der Waals surface area contributed by atoms with Crippen LogP contribution in [0.1, 0.15) is 37.7 Å². The zero-order chi connectivity index (χ0) is 13.8. The van der Waals surface area contributed by atoms with Gasteiger partial charge in [-0.2, -0.15) is 0 Å². The maximum Gasteiger partial charge on any atom is 0.270 e. The average Bonchev–Trinajstić information content (AvgIpc) is 2.36. The van der Waals surface area contributed by atoms with E-state index in [4.69, 9.17) is 5.73 Å². The summed E-state index contributed by atoms with van der Waals surface area (Å²) in [6, 6.07) is 5.03. The normalized spacial score (nSPS) is 14.0. The molecule has 1 rings (SSSR count). The molecule has 0 aromatic carbocycles. The van der Waals surface area contributed by atoms with Gasteiger partial charge < -0.3 is 11.1 Å². The van der Waals surface area contributed by atoms with E-state index in [0.29, 0.717) is 6.42 Å². The third-order valence-corrected chi connectivity index (χ3v) is 3.22. The minimum Gasteiger partial charge on any atom is -0.368 e. The van der Waals surface area contributed by atoms with Gasteiger partial charge in [0.25, 0.3) is 5.91 Å². The van der Waals surface area contributed by atoms with Crippen molar-refractivity contribution in [2.45, 2.75) is 32.7 Å². The van der Waals surface area contributed by atoms with Gasteiger partial charge in [-0.05, 0) is 24.5 Å². The summed E-state index contributed by atoms with van der Waals surface area (Å²) >= 11 is 0. The molecule has 0 aliphatic carbocycles. The number of pyridine rings is 1. The van der Waals surface area contributed by atoms with Gasteiger partial charge >= 0.3 is 0 Å². The highest BCUT2D eigenvalue weighted by atomic mass is 16.2. The highest BCUT2D eigenvalue weighted by Gasteiger charge is 2.39. The lowest BCUT2D eigenvalue weighted by atomic mass is 9.83. The summed E-state index contributed by atoms with van der Waals surface area (Å²) in [4.78, 5) is 27.6. The Morgan fingerprint density at radius 1 is 1.44 bits per heavy atom. The van der Waals surface area contributed by atoms with E-state index in [0.717, 1.165) is 0 Å². The summed E-state index contributed by atoms with van der Waals surface area (Å²) in [7, 11) is 0. The van der Waals surface area contributed by atoms with Gasteiger partial charge in [-0.25, -0.2) is 0 Å². The second-order valence-corrected chi connectivity index (χ2v) is 4.51. The zero-order valence-corrected chi connectivity index (χ0v) is 10.9. The summed E-state index contributed by atoms with van der Waals surface area (Å²) in [6.07, 6.45) is 1.97. The van der Waals surface area contributed by atoms with Crippen LogP contribution >= 0.6 is 0 Å². The summed E-state index contributed by atoms with van der Waals surface area (Å²) in [5.41, 5.74) is 4.68. The molecule has 5 nitrogen and oxygen atoms in total. The molecule has 1 atom stereocenters. The molecule has 0 fully saturated rings. The molecule has 0 aliphatic rings. The standard InChI is InChI=1S/C13H19N3O2/c1-4-13(9(2)3,12(14)18)16-11(17)10-7-5-6-8-15-10/h5-9H,4H2,1-3H3,(H2,14,18)(H,16,17). The van der Waals surface area contributed by atoms with E-state index in [9.17, 15) is 9.59 Å². The van der Waals surface area contributed by atoms with Crippen molar-refractivity contribution in [3.63, 3.8) is 0 Å². The fourth-order valence-corrected chi connectivity index (χ4v) is 1.93. The fourth-order valence-electron chi connectivity index (χ4n) is 1.93. The van der Waals surface area contributed by atoms with Crippen molar-refractivity contribution in [3.05, 3.63) is 30.1 Å². The molecule has 1 aromatic heterocycles. The van der Waals surface area contributed by atoms with E-state index in [2.05, 4.69) is 10.3 Å². The van der Waals surface area contributed by atoms with Crippen LogP contribution in [-0.4, -0.2) is 22.3 Å². The third kappa shape index (κ3) is 2.67. The van der Waals surface area contributed by atoms with Crippen molar-refractivity contribution in [2.75, 3.05) is 0 Å². The molecule has 18 heavy (non-hydrogen) atoms. The number of nitrogens with two attached hydrogens (primary N) is 1. The van der Waals surface area contributed by atoms with E-state index in [1.165, 1.54) is 6.20 Å². The predicted molar refractivity (Wildman–Crippen MR) is 68.8 cm³/mol. The Labute approximate surface area is 107 Å². The molecule has 2 amide bonds. The second kappa shape index (κ2) is 5.62. The largest absolute Gasteiger partial charge is 0.368 e. The zero-order valence-electron chi connectivity index (χ0n) is 10.9. The monoisotopic (exact) mass is 249 g/mol. The van der Waals surface area contributed by atoms with Gasteiger partial charge in [-0.3, -0.25) is 14.6 Å². The van der Waals surface area contributed by atoms with Crippen LogP contribution in [0.5, 0.6) is 0 Å². The minimum atomic E-state index is -1.03. The molecule has 5 heteroatoms. The van der Waals surface area contributed by atoms with E-state index < -0.39 is 11.4 Å². The number of aromatic nitrogens is 1. The molecule has 0 bridgehead atoms. The minimum absolute atomic E-state index is 0.0901. The van der Waals surface area contributed by atoms with Crippen LogP contribution in [0.3, 0.4) is 0 Å². The van der Waals surface area contributed by atoms with Crippen LogP contribution in [0.2, 0.25) is 0 Å². The number of rotatable bonds is 5. The Morgan fingerprint density at radius 2 is 2.11 bits per heavy atom. The molecule has 1 heterocycles. The van der Waals surface area contributed by atoms with Crippen molar-refractivity contribution in [1.29, 1.82) is 0 Å². The Hall–Kier alpha value is -1.91. The molecule has 0 saturated heterocycles. The van der Waals surface area contributed by atoms with Crippen molar-refractivity contribution in [2.24, 2.45) is 11.7 Å². The Kier molecular flexibility index (Phi) is 4.42. The topological polar surface area (TPSA) is 85.1 Å². The van der Waals surface area contributed by atoms with Gasteiger partial charge in [0.15, 0.2) is 0 Å². The summed E-state index contributed by atoms with van der Waals surface area (Å²) in [6.45, 7) is 5.53. The molecule has 98 valence electrons. The van der Waals surface area contributed by atoms with Crippen LogP contribution in [0.25, 0.3) is 0 Å². The number of primary amides is 1. The van der Waals surface area contributed by atoms with E-state index in [-0.39, 0.29) is 17.5 Å². The lowest BCUT2D eigenvalue weighted by Crippen LogP contribution is -2.60. The second-order valence-electron chi connectivity index (χ2n) is 4.51. The van der Waals surface area contributed by atoms with Crippen LogP contribution < -0.4 is 11.1 Å². The number of nitrogens with zero attached hydrogens (tertiary/aromatic N) is 1. The van der Waals surface area contributed by atoms with Crippen molar-refractivity contribution < 1.29 is 9.59 Å². The van der Waals surface area contributed by atoms with Gasteiger partial charge in [0.2, 0.25) is 5.91 Å². The first-order chi connectivity index (χ1) is 8.44. The predicted octanol–water partition coefficient (Wildman–Crippen LogP) is 1.10. The number of amides is 2. The summed E-state index contributed by atoms with van der Waals surface area (Å²) in [5.74, 6) is -0.998. The van der Waals surface area contributed by atoms with Crippen molar-refractivity contribution in [1.82, 2.24) is 10.3 Å². The maximum atomic E-state index is 12.0. The lowest BCUT2D eigenvalue weighted by Gasteiger charge is -2.34. The molecule has 1 aromatic rings. The maximum absolute atomic E-state index is 12.0. The fraction of sp³-hybridized carbons (Fsp3) is 0.462. The van der Waals surface area contributed by atoms with Crippen molar-refractivity contribution >= 4 is 11.8 Å².